The number of amides is 3. The highest BCUT2D eigenvalue weighted by Crippen LogP contribution is 2.29. The molecule has 0 radical (unpaired) electrons. The van der Waals surface area contributed by atoms with E-state index in [2.05, 4.69) is 31.8 Å². The molecule has 0 spiro atoms. The van der Waals surface area contributed by atoms with E-state index in [0.717, 1.165) is 22.3 Å². The Bertz CT molecular complexity index is 1350. The highest BCUT2D eigenvalue weighted by molar-refractivity contribution is 6.07. The van der Waals surface area contributed by atoms with E-state index in [0.29, 0.717) is 17.3 Å². The van der Waals surface area contributed by atoms with Crippen LogP contribution in [-0.4, -0.2) is 27.1 Å². The van der Waals surface area contributed by atoms with Crippen LogP contribution in [0.4, 0.5) is 4.79 Å². The minimum absolute atomic E-state index is 0.362. The molecule has 2 aromatic heterocycles. The average Bonchev–Trinajstić information content (AvgIpc) is 3.39. The molecule has 158 valence electrons. The highest BCUT2D eigenvalue weighted by Gasteiger charge is 2.43. The molecule has 2 aromatic carbocycles. The number of hydrogen-bond acceptors (Lipinski definition) is 6. The maximum Gasteiger partial charge on any atom is 0.322 e. The number of carbonyl (C=O) groups is 2. The van der Waals surface area contributed by atoms with Crippen molar-refractivity contribution in [2.45, 2.75) is 19.4 Å². The molecule has 1 saturated heterocycles. The van der Waals surface area contributed by atoms with Gasteiger partial charge in [-0.15, -0.1) is 0 Å². The van der Waals surface area contributed by atoms with Gasteiger partial charge in [-0.3, -0.25) is 15.1 Å². The third-order valence-electron chi connectivity index (χ3n) is 5.53. The van der Waals surface area contributed by atoms with Crippen LogP contribution in [0.1, 0.15) is 18.1 Å². The summed E-state index contributed by atoms with van der Waals surface area (Å²) in [6.45, 7) is 3.70. The van der Waals surface area contributed by atoms with Crippen LogP contribution in [0.2, 0.25) is 0 Å². The Morgan fingerprint density at radius 1 is 0.906 bits per heavy atom. The maximum atomic E-state index is 12.1. The predicted octanol–water partition coefficient (Wildman–Crippen LogP) is 3.83. The SMILES string of the molecule is Cc1cccc(-c2cncc(-c3nc(-c4ccc(C5(C)NC(=O)NC5=O)cc4)no3)c2)c1. The second kappa shape index (κ2) is 7.42. The van der Waals surface area contributed by atoms with Crippen molar-refractivity contribution < 1.29 is 14.1 Å². The quantitative estimate of drug-likeness (QED) is 0.481. The zero-order valence-corrected chi connectivity index (χ0v) is 17.4. The Labute approximate surface area is 183 Å². The number of aryl methyl sites for hydroxylation is 1. The van der Waals surface area contributed by atoms with Crippen LogP contribution in [0, 0.1) is 6.92 Å². The standard InChI is InChI=1S/C24H19N5O3/c1-14-4-3-5-16(10-14)17-11-18(13-25-12-17)21-26-20(29-32-21)15-6-8-19(9-7-15)24(2)22(30)27-23(31)28-24/h3-13H,1-2H3,(H2,27,28,30,31). The van der Waals surface area contributed by atoms with Gasteiger partial charge in [0.25, 0.3) is 11.8 Å². The third kappa shape index (κ3) is 3.41. The number of pyridine rings is 1. The van der Waals surface area contributed by atoms with Gasteiger partial charge in [-0.25, -0.2) is 4.79 Å². The molecule has 2 N–H and O–H groups in total. The van der Waals surface area contributed by atoms with Crippen molar-refractivity contribution in [1.82, 2.24) is 25.8 Å². The number of aromatic nitrogens is 3. The lowest BCUT2D eigenvalue weighted by Gasteiger charge is -2.20. The summed E-state index contributed by atoms with van der Waals surface area (Å²) in [5.41, 5.74) is 4.17. The first-order chi connectivity index (χ1) is 15.4. The largest absolute Gasteiger partial charge is 0.334 e. The number of carbonyl (C=O) groups excluding carboxylic acids is 2. The molecule has 1 aliphatic rings. The van der Waals surface area contributed by atoms with Gasteiger partial charge in [-0.2, -0.15) is 4.98 Å². The topological polar surface area (TPSA) is 110 Å². The lowest BCUT2D eigenvalue weighted by molar-refractivity contribution is -0.123. The summed E-state index contributed by atoms with van der Waals surface area (Å²) in [6, 6.07) is 16.7. The van der Waals surface area contributed by atoms with E-state index in [1.807, 2.05) is 31.2 Å². The summed E-state index contributed by atoms with van der Waals surface area (Å²) in [5.74, 6) is 0.385. The van der Waals surface area contributed by atoms with Gasteiger partial charge in [-0.1, -0.05) is 59.3 Å². The number of benzene rings is 2. The third-order valence-corrected chi connectivity index (χ3v) is 5.53. The zero-order valence-electron chi connectivity index (χ0n) is 17.4. The lowest BCUT2D eigenvalue weighted by atomic mass is 9.91. The van der Waals surface area contributed by atoms with Crippen molar-refractivity contribution in [2.24, 2.45) is 0 Å². The zero-order chi connectivity index (χ0) is 22.3. The average molecular weight is 425 g/mol. The Morgan fingerprint density at radius 3 is 2.41 bits per heavy atom. The fourth-order valence-corrected chi connectivity index (χ4v) is 3.70. The summed E-state index contributed by atoms with van der Waals surface area (Å²) >= 11 is 0. The van der Waals surface area contributed by atoms with Crippen molar-refractivity contribution >= 4 is 11.9 Å². The van der Waals surface area contributed by atoms with Gasteiger partial charge < -0.3 is 9.84 Å². The van der Waals surface area contributed by atoms with Gasteiger partial charge in [0, 0.05) is 23.5 Å². The molecule has 1 atom stereocenters. The van der Waals surface area contributed by atoms with Crippen LogP contribution in [0.15, 0.2) is 71.5 Å². The van der Waals surface area contributed by atoms with Crippen molar-refractivity contribution in [3.05, 3.63) is 78.1 Å². The molecule has 0 bridgehead atoms. The molecular weight excluding hydrogens is 406 g/mol. The predicted molar refractivity (Wildman–Crippen MR) is 117 cm³/mol. The molecule has 4 aromatic rings. The number of imide groups is 1. The lowest BCUT2D eigenvalue weighted by Crippen LogP contribution is -2.40. The van der Waals surface area contributed by atoms with Gasteiger partial charge in [-0.05, 0) is 31.0 Å². The van der Waals surface area contributed by atoms with Crippen molar-refractivity contribution in [3.8, 4) is 34.0 Å². The molecular formula is C24H19N5O3. The Hall–Kier alpha value is -4.33. The Kier molecular flexibility index (Phi) is 4.55. The van der Waals surface area contributed by atoms with Gasteiger partial charge in [0.2, 0.25) is 5.82 Å². The molecule has 1 unspecified atom stereocenters. The first kappa shape index (κ1) is 19.6. The van der Waals surface area contributed by atoms with Gasteiger partial charge in [0.15, 0.2) is 0 Å². The molecule has 3 heterocycles. The fraction of sp³-hybridized carbons (Fsp3) is 0.125. The summed E-state index contributed by atoms with van der Waals surface area (Å²) in [6.07, 6.45) is 3.48. The first-order valence-electron chi connectivity index (χ1n) is 10.0. The van der Waals surface area contributed by atoms with E-state index in [1.165, 1.54) is 5.56 Å². The second-order valence-corrected chi connectivity index (χ2v) is 7.87. The highest BCUT2D eigenvalue weighted by atomic mass is 16.5. The number of urea groups is 1. The fourth-order valence-electron chi connectivity index (χ4n) is 3.70. The molecule has 1 aliphatic heterocycles. The minimum atomic E-state index is -1.11. The van der Waals surface area contributed by atoms with Crippen LogP contribution < -0.4 is 10.6 Å². The summed E-state index contributed by atoms with van der Waals surface area (Å²) in [4.78, 5) is 32.5. The summed E-state index contributed by atoms with van der Waals surface area (Å²) in [5, 5.41) is 8.99. The number of nitrogens with zero attached hydrogens (tertiary/aromatic N) is 3. The molecule has 3 amide bonds. The molecule has 1 fully saturated rings. The van der Waals surface area contributed by atoms with Crippen molar-refractivity contribution in [1.29, 1.82) is 0 Å². The minimum Gasteiger partial charge on any atom is -0.334 e. The summed E-state index contributed by atoms with van der Waals surface area (Å²) in [7, 11) is 0. The second-order valence-electron chi connectivity index (χ2n) is 7.87. The number of hydrogen-bond donors (Lipinski definition) is 2. The van der Waals surface area contributed by atoms with E-state index in [9.17, 15) is 9.59 Å². The van der Waals surface area contributed by atoms with Crippen LogP contribution in [-0.2, 0) is 10.3 Å². The van der Waals surface area contributed by atoms with E-state index in [-0.39, 0.29) is 0 Å². The van der Waals surface area contributed by atoms with Gasteiger partial charge in [0.05, 0.1) is 5.56 Å². The molecule has 32 heavy (non-hydrogen) atoms. The maximum absolute atomic E-state index is 12.1. The number of nitrogens with one attached hydrogen (secondary N) is 2. The smallest absolute Gasteiger partial charge is 0.322 e. The summed E-state index contributed by atoms with van der Waals surface area (Å²) < 4.78 is 5.48. The van der Waals surface area contributed by atoms with Crippen molar-refractivity contribution in [2.75, 3.05) is 0 Å². The van der Waals surface area contributed by atoms with E-state index in [4.69, 9.17) is 4.52 Å². The van der Waals surface area contributed by atoms with Crippen LogP contribution in [0.25, 0.3) is 34.0 Å². The van der Waals surface area contributed by atoms with Gasteiger partial charge >= 0.3 is 6.03 Å². The first-order valence-corrected chi connectivity index (χ1v) is 10.0. The van der Waals surface area contributed by atoms with Crippen molar-refractivity contribution in [3.63, 3.8) is 0 Å². The van der Waals surface area contributed by atoms with Gasteiger partial charge in [0.1, 0.15) is 5.54 Å². The Morgan fingerprint density at radius 2 is 1.69 bits per heavy atom. The van der Waals surface area contributed by atoms with E-state index < -0.39 is 17.5 Å². The van der Waals surface area contributed by atoms with Crippen LogP contribution in [0.5, 0.6) is 0 Å². The molecule has 5 rings (SSSR count). The van der Waals surface area contributed by atoms with E-state index >= 15 is 0 Å². The molecule has 8 nitrogen and oxygen atoms in total. The normalized spacial score (nSPS) is 17.8. The molecule has 0 aliphatic carbocycles. The molecule has 0 saturated carbocycles. The monoisotopic (exact) mass is 425 g/mol. The van der Waals surface area contributed by atoms with Crippen LogP contribution in [0.3, 0.4) is 0 Å². The van der Waals surface area contributed by atoms with E-state index in [1.54, 1.807) is 43.6 Å². The molecule has 8 heteroatoms. The Balaban J connectivity index is 1.42. The number of rotatable bonds is 4. The van der Waals surface area contributed by atoms with Crippen LogP contribution >= 0.6 is 0 Å².